The van der Waals surface area contributed by atoms with Crippen LogP contribution in [0.15, 0.2) is 6.08 Å². The normalized spacial score (nSPS) is 24.0. The van der Waals surface area contributed by atoms with Gasteiger partial charge in [0.15, 0.2) is 0 Å². The van der Waals surface area contributed by atoms with Gasteiger partial charge in [-0.25, -0.2) is 4.79 Å². The molecule has 0 aromatic heterocycles. The summed E-state index contributed by atoms with van der Waals surface area (Å²) in [6.45, 7) is 11.1. The number of hydrogen-bond acceptors (Lipinski definition) is 6. The van der Waals surface area contributed by atoms with E-state index < -0.39 is 63.5 Å². The molecule has 5 aliphatic carbocycles. The van der Waals surface area contributed by atoms with Crippen molar-refractivity contribution in [1.29, 1.82) is 0 Å². The Morgan fingerprint density at radius 2 is 1.06 bits per heavy atom. The first-order valence-corrected chi connectivity index (χ1v) is 15.4. The van der Waals surface area contributed by atoms with Crippen LogP contribution in [0.5, 0.6) is 0 Å². The van der Waals surface area contributed by atoms with Crippen LogP contribution in [0.4, 0.5) is 39.6 Å². The molecular formula is C27H43B3F9K3N2O6. The molecule has 0 aromatic rings. The van der Waals surface area contributed by atoms with Gasteiger partial charge in [0, 0.05) is 11.8 Å². The SMILES string of the molecule is CCOC(=O)C=[N+]=[N-].CCOC(=O)[C@@H]1C(C2CC2)[C@@H]1[BH-](F)F.CCOC(=O)[C@H]1C(C2CC2)[C@@H]1[BH-](F)F.F.F.FB(F)F.[CH-]=CC1CC1.[K+].[K+].[K+]. The van der Waals surface area contributed by atoms with E-state index in [1.807, 2.05) is 0 Å². The topological polar surface area (TPSA) is 115 Å². The standard InChI is InChI=1S/2C9H14BF2O2.C5H7.C4H6N2O2.BF3.2FH.3K/c2*1-2-14-9(13)7-6(5-3-4-5)8(7)10(11)12;1-2-5-3-4-5;1-2-8-4(7)3-6-5;2-1(3)4;;;;;/h2*5-8,10H,2-4H2,1H3;1-2,5H,3-4H2;3H,2H2,1H3;;2*1H;;;/q3*-1;;;;;3*+1/t6?,7-,8+;6?,7-,8-;;;;;;;;/m10......../s1. The van der Waals surface area contributed by atoms with Crippen molar-refractivity contribution in [2.45, 2.75) is 70.9 Å². The Hall–Kier alpha value is 2.00. The molecule has 6 atom stereocenters. The van der Waals surface area contributed by atoms with Gasteiger partial charge in [-0.2, -0.15) is 4.79 Å². The first-order chi connectivity index (χ1) is 21.3. The number of nitrogens with zero attached hydrogens (tertiary/aromatic N) is 2. The molecule has 0 bridgehead atoms. The molecule has 0 amide bonds. The molecule has 0 saturated heterocycles. The average Bonchev–Trinajstić information content (AvgIpc) is 3.78. The minimum Gasteiger partial charge on any atom is -0.518 e. The monoisotopic (exact) mass is 812 g/mol. The molecule has 0 aliphatic heterocycles. The Labute approximate surface area is 416 Å². The first-order valence-electron chi connectivity index (χ1n) is 15.4. The zero-order chi connectivity index (χ0) is 34.3. The molecule has 272 valence electrons. The van der Waals surface area contributed by atoms with E-state index in [4.69, 9.17) is 21.6 Å². The van der Waals surface area contributed by atoms with Crippen LogP contribution in [0.25, 0.3) is 5.53 Å². The van der Waals surface area contributed by atoms with Gasteiger partial charge in [-0.05, 0) is 71.1 Å². The van der Waals surface area contributed by atoms with E-state index in [1.165, 1.54) is 12.8 Å². The maximum Gasteiger partial charge on any atom is 1.00 e. The summed E-state index contributed by atoms with van der Waals surface area (Å²) in [5.74, 6) is -2.20. The fourth-order valence-electron chi connectivity index (χ4n) is 5.50. The number of rotatable bonds is 11. The Balaban J connectivity index is -0.000000176. The van der Waals surface area contributed by atoms with Crippen molar-refractivity contribution in [3.05, 3.63) is 18.2 Å². The summed E-state index contributed by atoms with van der Waals surface area (Å²) in [7, 11) is -9.94. The van der Waals surface area contributed by atoms with E-state index in [9.17, 15) is 44.6 Å². The van der Waals surface area contributed by atoms with Crippen LogP contribution in [-0.2, 0) is 28.6 Å². The van der Waals surface area contributed by atoms with Gasteiger partial charge in [0.25, 0.3) is 14.5 Å². The number of carbonyl (C=O) groups is 3. The van der Waals surface area contributed by atoms with Gasteiger partial charge in [-0.3, -0.25) is 38.0 Å². The van der Waals surface area contributed by atoms with Gasteiger partial charge in [-0.1, -0.05) is 29.4 Å². The van der Waals surface area contributed by atoms with Crippen molar-refractivity contribution >= 4 is 46.2 Å². The van der Waals surface area contributed by atoms with Crippen molar-refractivity contribution in [1.82, 2.24) is 0 Å². The van der Waals surface area contributed by atoms with E-state index in [1.54, 1.807) is 26.8 Å². The molecule has 50 heavy (non-hydrogen) atoms. The molecule has 0 aromatic carbocycles. The summed E-state index contributed by atoms with van der Waals surface area (Å²) in [6.07, 6.45) is 9.20. The predicted octanol–water partition coefficient (Wildman–Crippen LogP) is -3.10. The van der Waals surface area contributed by atoms with Crippen LogP contribution in [0.2, 0.25) is 11.6 Å². The third-order valence-corrected chi connectivity index (χ3v) is 7.97. The quantitative estimate of drug-likeness (QED) is 0.0320. The largest absolute Gasteiger partial charge is 1.00 e. The second-order valence-electron chi connectivity index (χ2n) is 11.3. The summed E-state index contributed by atoms with van der Waals surface area (Å²) >= 11 is 0. The molecule has 5 fully saturated rings. The fourth-order valence-corrected chi connectivity index (χ4v) is 5.50. The second-order valence-corrected chi connectivity index (χ2v) is 11.3. The van der Waals surface area contributed by atoms with E-state index in [-0.39, 0.29) is 189 Å². The van der Waals surface area contributed by atoms with Gasteiger partial charge < -0.3 is 43.6 Å². The molecular weight excluding hydrogens is 769 g/mol. The molecule has 0 radical (unpaired) electrons. The number of halogens is 9. The fraction of sp³-hybridized carbons (Fsp3) is 0.778. The third kappa shape index (κ3) is 25.2. The number of allylic oxidation sites excluding steroid dienone is 1. The van der Waals surface area contributed by atoms with Crippen molar-refractivity contribution in [3.8, 4) is 0 Å². The molecule has 8 nitrogen and oxygen atoms in total. The molecule has 5 aliphatic rings. The molecule has 0 N–H and O–H groups in total. The Morgan fingerprint density at radius 3 is 1.24 bits per heavy atom. The predicted molar refractivity (Wildman–Crippen MR) is 161 cm³/mol. The summed E-state index contributed by atoms with van der Waals surface area (Å²) in [5.41, 5.74) is 7.73. The summed E-state index contributed by atoms with van der Waals surface area (Å²) in [5, 5.41) is 0. The maximum absolute atomic E-state index is 12.6. The summed E-state index contributed by atoms with van der Waals surface area (Å²) < 4.78 is 93.3. The number of ether oxygens (including phenoxy) is 3. The van der Waals surface area contributed by atoms with Gasteiger partial charge in [0.1, 0.15) is 0 Å². The molecule has 0 spiro atoms. The van der Waals surface area contributed by atoms with E-state index in [0.717, 1.165) is 31.6 Å². The molecule has 5 saturated carbocycles. The summed E-state index contributed by atoms with van der Waals surface area (Å²) in [4.78, 5) is 35.2. The van der Waals surface area contributed by atoms with E-state index in [0.29, 0.717) is 24.7 Å². The maximum atomic E-state index is 12.6. The minimum atomic E-state index is -3.67. The second kappa shape index (κ2) is 33.2. The number of carbonyl (C=O) groups excluding carboxylic acids is 3. The molecule has 23 heteroatoms. The van der Waals surface area contributed by atoms with Crippen LogP contribution < -0.4 is 154 Å². The smallest absolute Gasteiger partial charge is 0.518 e. The van der Waals surface area contributed by atoms with Crippen molar-refractivity contribution in [3.63, 3.8) is 0 Å². The van der Waals surface area contributed by atoms with E-state index in [2.05, 4.69) is 9.53 Å². The van der Waals surface area contributed by atoms with Crippen LogP contribution in [-0.4, -0.2) is 70.8 Å². The van der Waals surface area contributed by atoms with Crippen molar-refractivity contribution in [2.75, 3.05) is 19.8 Å². The minimum absolute atomic E-state index is 0. The van der Waals surface area contributed by atoms with Gasteiger partial charge in [0.05, 0.1) is 19.8 Å². The Kier molecular flexibility index (Phi) is 40.6. The Bertz CT molecular complexity index is 953. The summed E-state index contributed by atoms with van der Waals surface area (Å²) in [6, 6.07) is 0. The molecule has 0 heterocycles. The third-order valence-electron chi connectivity index (χ3n) is 7.97. The zero-order valence-corrected chi connectivity index (χ0v) is 39.0. The van der Waals surface area contributed by atoms with Gasteiger partial charge >= 0.3 is 186 Å². The average molecular weight is 812 g/mol. The zero-order valence-electron chi connectivity index (χ0n) is 29.6. The van der Waals surface area contributed by atoms with Crippen LogP contribution in [0, 0.1) is 48.0 Å². The number of hydrogen-bond donors (Lipinski definition) is 0. The van der Waals surface area contributed by atoms with Crippen LogP contribution >= 0.6 is 0 Å². The van der Waals surface area contributed by atoms with Gasteiger partial charge in [-0.15, -0.1) is 0 Å². The van der Waals surface area contributed by atoms with Crippen molar-refractivity contribution in [2.24, 2.45) is 41.4 Å². The number of esters is 3. The van der Waals surface area contributed by atoms with E-state index >= 15 is 0 Å². The Morgan fingerprint density at radius 1 is 0.740 bits per heavy atom. The van der Waals surface area contributed by atoms with Gasteiger partial charge in [0.2, 0.25) is 0 Å². The first kappa shape index (κ1) is 61.2. The van der Waals surface area contributed by atoms with Crippen molar-refractivity contribution < 1.29 is 227 Å². The molecule has 5 rings (SSSR count). The molecule has 2 unspecified atom stereocenters. The van der Waals surface area contributed by atoms with Crippen LogP contribution in [0.3, 0.4) is 0 Å². The van der Waals surface area contributed by atoms with Crippen LogP contribution in [0.1, 0.15) is 59.3 Å².